The average Bonchev–Trinajstić information content (AvgIpc) is 2.66. The Balaban J connectivity index is 2.17. The minimum Gasteiger partial charge on any atom is -0.465 e. The van der Waals surface area contributed by atoms with Gasteiger partial charge in [-0.2, -0.15) is 23.2 Å². The number of aliphatic imine (C=N–C) groups is 2. The van der Waals surface area contributed by atoms with Crippen molar-refractivity contribution in [3.63, 3.8) is 0 Å². The van der Waals surface area contributed by atoms with Crippen LogP contribution >= 0.6 is 23.2 Å². The van der Waals surface area contributed by atoms with E-state index in [9.17, 15) is 18.0 Å². The summed E-state index contributed by atoms with van der Waals surface area (Å²) in [4.78, 5) is 20.8. The molecule has 1 unspecified atom stereocenters. The molecule has 28 heavy (non-hydrogen) atoms. The first-order valence-electron chi connectivity index (χ1n) is 8.41. The third kappa shape index (κ3) is 3.77. The van der Waals surface area contributed by atoms with Crippen molar-refractivity contribution in [3.05, 3.63) is 33.8 Å². The van der Waals surface area contributed by atoms with E-state index in [0.717, 1.165) is 26.4 Å². The molecule has 0 N–H and O–H groups in total. The third-order valence-corrected chi connectivity index (χ3v) is 4.91. The number of likely N-dealkylation sites (tertiary alicyclic amines) is 1. The van der Waals surface area contributed by atoms with Crippen molar-refractivity contribution < 1.29 is 27.4 Å². The third-order valence-electron chi connectivity index (χ3n) is 4.36. The molecule has 0 bridgehead atoms. The second-order valence-corrected chi connectivity index (χ2v) is 7.09. The number of benzene rings is 1. The number of hydrogen-bond donors (Lipinski definition) is 0. The fraction of sp³-hybridized carbons (Fsp3) is 0.471. The van der Waals surface area contributed by atoms with Crippen molar-refractivity contribution in [2.24, 2.45) is 9.98 Å². The number of carbonyl (C=O) groups is 1. The molecule has 0 spiro atoms. The number of carbonyl (C=O) groups excluding carboxylic acids is 1. The number of ether oxygens (including phenoxy) is 2. The predicted octanol–water partition coefficient (Wildman–Crippen LogP) is 4.04. The second kappa shape index (κ2) is 7.79. The molecular formula is C17H16Cl2F3N3O3. The van der Waals surface area contributed by atoms with Gasteiger partial charge in [-0.05, 0) is 37.5 Å². The average molecular weight is 438 g/mol. The lowest BCUT2D eigenvalue weighted by atomic mass is 10.1. The maximum absolute atomic E-state index is 14.0. The summed E-state index contributed by atoms with van der Waals surface area (Å²) in [5.41, 5.74) is -3.43. The highest BCUT2D eigenvalue weighted by Crippen LogP contribution is 2.40. The Bertz CT molecular complexity index is 839. The molecule has 2 aliphatic rings. The Morgan fingerprint density at radius 1 is 1.21 bits per heavy atom. The van der Waals surface area contributed by atoms with Crippen molar-refractivity contribution in [2.75, 3.05) is 20.2 Å². The number of amidine groups is 1. The standard InChI is InChI=1S/C17H16Cl2F3N3O3/c1-27-14(26)16(17(20,21)22)23-13(11-6-5-10(18)9-12(11)19)28-15(24-16)25-7-3-2-4-8-25/h5-6,9H,2-4,7-8H2,1H3. The summed E-state index contributed by atoms with van der Waals surface area (Å²) in [6.45, 7) is 0.880. The molecule has 3 rings (SSSR count). The normalized spacial score (nSPS) is 22.9. The summed E-state index contributed by atoms with van der Waals surface area (Å²) in [5, 5.41) is 0.303. The van der Waals surface area contributed by atoms with Crippen LogP contribution in [0.3, 0.4) is 0 Å². The maximum atomic E-state index is 14.0. The van der Waals surface area contributed by atoms with E-state index in [1.165, 1.54) is 18.2 Å². The molecule has 1 aromatic carbocycles. The largest absolute Gasteiger partial charge is 0.465 e. The molecule has 0 amide bonds. The number of piperidine rings is 1. The molecule has 0 aromatic heterocycles. The fourth-order valence-electron chi connectivity index (χ4n) is 2.92. The van der Waals surface area contributed by atoms with Gasteiger partial charge in [-0.1, -0.05) is 23.2 Å². The Hall–Kier alpha value is -2.00. The van der Waals surface area contributed by atoms with Gasteiger partial charge in [-0.3, -0.25) is 0 Å². The van der Waals surface area contributed by atoms with Gasteiger partial charge in [0.1, 0.15) is 0 Å². The summed E-state index contributed by atoms with van der Waals surface area (Å²) >= 11 is 12.0. The van der Waals surface area contributed by atoms with Crippen molar-refractivity contribution in [2.45, 2.75) is 31.1 Å². The molecule has 1 fully saturated rings. The van der Waals surface area contributed by atoms with E-state index in [4.69, 9.17) is 27.9 Å². The summed E-state index contributed by atoms with van der Waals surface area (Å²) in [5.74, 6) is -2.15. The number of rotatable bonds is 2. The van der Waals surface area contributed by atoms with Crippen LogP contribution in [-0.2, 0) is 14.3 Å². The zero-order valence-corrected chi connectivity index (χ0v) is 16.2. The van der Waals surface area contributed by atoms with Crippen molar-refractivity contribution in [3.8, 4) is 0 Å². The summed E-state index contributed by atoms with van der Waals surface area (Å²) in [7, 11) is 0.839. The van der Waals surface area contributed by atoms with Crippen molar-refractivity contribution >= 4 is 41.1 Å². The van der Waals surface area contributed by atoms with Crippen LogP contribution < -0.4 is 0 Å². The maximum Gasteiger partial charge on any atom is 0.446 e. The van der Waals surface area contributed by atoms with E-state index in [1.54, 1.807) is 4.90 Å². The molecule has 0 saturated carbocycles. The van der Waals surface area contributed by atoms with Gasteiger partial charge >= 0.3 is 17.8 Å². The van der Waals surface area contributed by atoms with Gasteiger partial charge in [0.05, 0.1) is 17.7 Å². The quantitative estimate of drug-likeness (QED) is 0.654. The van der Waals surface area contributed by atoms with E-state index < -0.39 is 23.7 Å². The first-order valence-corrected chi connectivity index (χ1v) is 9.16. The fourth-order valence-corrected chi connectivity index (χ4v) is 3.41. The molecule has 6 nitrogen and oxygen atoms in total. The Labute approximate surface area is 168 Å². The summed E-state index contributed by atoms with van der Waals surface area (Å²) in [6, 6.07) is 3.78. The van der Waals surface area contributed by atoms with Gasteiger partial charge in [0.15, 0.2) is 0 Å². The van der Waals surface area contributed by atoms with Crippen LogP contribution in [0.5, 0.6) is 0 Å². The minimum atomic E-state index is -5.16. The second-order valence-electron chi connectivity index (χ2n) is 6.25. The number of nitrogens with zero attached hydrogens (tertiary/aromatic N) is 3. The molecule has 0 radical (unpaired) electrons. The molecule has 1 atom stereocenters. The predicted molar refractivity (Wildman–Crippen MR) is 97.7 cm³/mol. The summed E-state index contributed by atoms with van der Waals surface area (Å²) < 4.78 is 51.9. The first-order chi connectivity index (χ1) is 13.2. The van der Waals surface area contributed by atoms with E-state index in [2.05, 4.69) is 14.7 Å². The highest BCUT2D eigenvalue weighted by atomic mass is 35.5. The van der Waals surface area contributed by atoms with Gasteiger partial charge in [-0.15, -0.1) is 0 Å². The lowest BCUT2D eigenvalue weighted by Crippen LogP contribution is -2.55. The molecular weight excluding hydrogens is 422 g/mol. The first kappa shape index (κ1) is 20.7. The van der Waals surface area contributed by atoms with Crippen LogP contribution in [0.4, 0.5) is 13.2 Å². The summed E-state index contributed by atoms with van der Waals surface area (Å²) in [6.07, 6.45) is -2.70. The monoisotopic (exact) mass is 437 g/mol. The number of halogens is 5. The molecule has 2 heterocycles. The van der Waals surface area contributed by atoms with Crippen LogP contribution in [0.15, 0.2) is 28.2 Å². The Kier molecular flexibility index (Phi) is 5.77. The molecule has 0 aliphatic carbocycles. The van der Waals surface area contributed by atoms with Gasteiger partial charge in [0, 0.05) is 18.1 Å². The molecule has 1 saturated heterocycles. The van der Waals surface area contributed by atoms with Crippen LogP contribution in [-0.4, -0.2) is 54.8 Å². The SMILES string of the molecule is COC(=O)C1(C(F)(F)F)N=C(c2ccc(Cl)cc2Cl)OC(N2CCCCC2)=N1. The number of esters is 1. The van der Waals surface area contributed by atoms with E-state index in [1.807, 2.05) is 0 Å². The van der Waals surface area contributed by atoms with Crippen LogP contribution in [0.1, 0.15) is 24.8 Å². The zero-order chi connectivity index (χ0) is 20.5. The van der Waals surface area contributed by atoms with Crippen LogP contribution in [0, 0.1) is 0 Å². The number of methoxy groups -OCH3 is 1. The lowest BCUT2D eigenvalue weighted by molar-refractivity contribution is -0.202. The van der Waals surface area contributed by atoms with E-state index >= 15 is 0 Å². The van der Waals surface area contributed by atoms with E-state index in [-0.39, 0.29) is 21.6 Å². The van der Waals surface area contributed by atoms with Gasteiger partial charge < -0.3 is 14.4 Å². The number of alkyl halides is 3. The van der Waals surface area contributed by atoms with Crippen molar-refractivity contribution in [1.29, 1.82) is 0 Å². The molecule has 152 valence electrons. The van der Waals surface area contributed by atoms with Crippen molar-refractivity contribution in [1.82, 2.24) is 4.90 Å². The topological polar surface area (TPSA) is 63.5 Å². The zero-order valence-electron chi connectivity index (χ0n) is 14.7. The van der Waals surface area contributed by atoms with Crippen LogP contribution in [0.25, 0.3) is 0 Å². The van der Waals surface area contributed by atoms with Gasteiger partial charge in [-0.25, -0.2) is 4.79 Å². The lowest BCUT2D eigenvalue weighted by Gasteiger charge is -2.35. The van der Waals surface area contributed by atoms with Gasteiger partial charge in [0.25, 0.3) is 6.02 Å². The molecule has 1 aromatic rings. The highest BCUT2D eigenvalue weighted by molar-refractivity contribution is 6.37. The Morgan fingerprint density at radius 3 is 2.46 bits per heavy atom. The van der Waals surface area contributed by atoms with E-state index in [0.29, 0.717) is 13.1 Å². The smallest absolute Gasteiger partial charge is 0.446 e. The molecule has 11 heteroatoms. The van der Waals surface area contributed by atoms with Crippen LogP contribution in [0.2, 0.25) is 10.0 Å². The number of hydrogen-bond acceptors (Lipinski definition) is 6. The molecule has 2 aliphatic heterocycles. The Morgan fingerprint density at radius 2 is 1.89 bits per heavy atom. The minimum absolute atomic E-state index is 0.0204. The highest BCUT2D eigenvalue weighted by Gasteiger charge is 2.65. The van der Waals surface area contributed by atoms with Gasteiger partial charge in [0.2, 0.25) is 5.90 Å².